The van der Waals surface area contributed by atoms with Crippen LogP contribution in [0.3, 0.4) is 0 Å². The van der Waals surface area contributed by atoms with E-state index in [4.69, 9.17) is 16.9 Å². The van der Waals surface area contributed by atoms with Crippen molar-refractivity contribution in [3.05, 3.63) is 78.6 Å². The second-order valence-corrected chi connectivity index (χ2v) is 13.7. The minimum absolute atomic E-state index is 0.0637. The van der Waals surface area contributed by atoms with Crippen molar-refractivity contribution in [2.45, 2.75) is 11.8 Å². The molecule has 1 unspecified atom stereocenters. The number of carbonyl (C=O) groups excluding carboxylic acids is 2. The molecule has 7 rings (SSSR count). The van der Waals surface area contributed by atoms with E-state index in [1.807, 2.05) is 7.05 Å². The number of imidazole rings is 3. The Balaban J connectivity index is 1.29. The minimum Gasteiger partial charge on any atom is -0.369 e. The van der Waals surface area contributed by atoms with Gasteiger partial charge in [0.1, 0.15) is 17.2 Å². The maximum Gasteiger partial charge on any atom is 0.333 e. The highest BCUT2D eigenvalue weighted by Gasteiger charge is 2.54. The molecule has 20 heteroatoms. The van der Waals surface area contributed by atoms with Crippen molar-refractivity contribution in [1.82, 2.24) is 50.1 Å². The number of carbonyl (C=O) groups is 2. The third-order valence-electron chi connectivity index (χ3n) is 8.98. The zero-order chi connectivity index (χ0) is 33.9. The number of fused-ring (bicyclic) bond motifs is 1. The number of nitrogens with two attached hydrogens (primary N) is 2. The van der Waals surface area contributed by atoms with Crippen molar-refractivity contribution in [2.75, 3.05) is 43.6 Å². The van der Waals surface area contributed by atoms with Crippen molar-refractivity contribution in [3.63, 3.8) is 0 Å². The Kier molecular flexibility index (Phi) is 8.00. The van der Waals surface area contributed by atoms with E-state index in [2.05, 4.69) is 82.7 Å². The van der Waals surface area contributed by atoms with Gasteiger partial charge >= 0.3 is 5.69 Å². The number of hydrogen-bond donors (Lipinski definition) is 12. The maximum absolute atomic E-state index is 13.5. The summed E-state index contributed by atoms with van der Waals surface area (Å²) in [7, 11) is 1.82. The van der Waals surface area contributed by atoms with Gasteiger partial charge in [-0.25, -0.2) is 19.8 Å². The number of amidine groups is 1. The number of aromatic nitrogens is 8. The molecule has 1 aliphatic carbocycles. The van der Waals surface area contributed by atoms with Gasteiger partial charge in [0.15, 0.2) is 30.1 Å². The molecule has 5 aromatic rings. The lowest BCUT2D eigenvalue weighted by atomic mass is 9.54. The second kappa shape index (κ2) is 12.2. The fourth-order valence-electron chi connectivity index (χ4n) is 6.74. The Morgan fingerprint density at radius 2 is 1.62 bits per heavy atom. The molecule has 6 heterocycles. The van der Waals surface area contributed by atoms with Crippen LogP contribution in [0.2, 0.25) is 0 Å². The molecule has 0 bridgehead atoms. The number of halogens is 2. The Bertz CT molecular complexity index is 2100. The standard InChI is InChI=1S/C28H31Br2N15O3/c1-44-9-39-22-20(21(44)31)45(28(48)42-22)23-19(41-27(33)43-23)18-13(7-37-25(47)15-3-11(30)5-35-15)12(17(18)16-8-38-26(32)40-16)6-36-24(46)14-2-10(29)4-34-14/h2-5,8,12-13,17-18,31,34-35,39H,6-7,9H2,1H3,(H,36,46)(H,37,47)(H,42,48)(H3,32,38,40)(H3,33,41,43)/p+1/t12-,13-,17-,18+/m0/s1. The van der Waals surface area contributed by atoms with E-state index in [0.29, 0.717) is 41.0 Å². The zero-order valence-electron chi connectivity index (χ0n) is 25.3. The van der Waals surface area contributed by atoms with Crippen molar-refractivity contribution in [3.8, 4) is 5.82 Å². The van der Waals surface area contributed by atoms with Crippen LogP contribution in [-0.2, 0) is 0 Å². The number of nitrogens with zero attached hydrogens (tertiary/aromatic N) is 3. The van der Waals surface area contributed by atoms with Crippen molar-refractivity contribution in [2.24, 2.45) is 11.8 Å². The van der Waals surface area contributed by atoms with E-state index < -0.39 is 11.6 Å². The van der Waals surface area contributed by atoms with E-state index in [0.717, 1.165) is 13.8 Å². The molecule has 5 aromatic heterocycles. The number of nitrogen functional groups attached to an aromatic ring is 2. The SMILES string of the molecule is C[NH+]1CNc2[nH]c(=O)n(-c3nc(N)[nH]c3[C@@H]3[C@@H](CNC(=O)c4cc(Br)c[nH]4)[C@H](CNC(=O)c4cc(Br)c[nH]4)[C@H]3c3cnc(N)[nH]3)c2C1=N. The first-order valence-electron chi connectivity index (χ1n) is 14.9. The van der Waals surface area contributed by atoms with Crippen LogP contribution in [0.4, 0.5) is 17.7 Å². The van der Waals surface area contributed by atoms with Crippen molar-refractivity contribution < 1.29 is 14.5 Å². The lowest BCUT2D eigenvalue weighted by Crippen LogP contribution is -3.13. The Hall–Kier alpha value is -5.08. The van der Waals surface area contributed by atoms with Crippen LogP contribution in [0.15, 0.2) is 44.5 Å². The molecule has 0 spiro atoms. The van der Waals surface area contributed by atoms with Crippen LogP contribution in [0.5, 0.6) is 0 Å². The monoisotopic (exact) mass is 784 g/mol. The molecule has 48 heavy (non-hydrogen) atoms. The fraction of sp³-hybridized carbons (Fsp3) is 0.286. The van der Waals surface area contributed by atoms with Crippen LogP contribution >= 0.6 is 31.9 Å². The molecule has 0 radical (unpaired) electrons. The summed E-state index contributed by atoms with van der Waals surface area (Å²) in [6.45, 7) is 0.836. The van der Waals surface area contributed by atoms with E-state index in [9.17, 15) is 14.4 Å². The van der Waals surface area contributed by atoms with Crippen LogP contribution in [0.1, 0.15) is 49.9 Å². The summed E-state index contributed by atoms with van der Waals surface area (Å²) in [5.74, 6) is -0.870. The normalized spacial score (nSPS) is 21.7. The van der Waals surface area contributed by atoms with Gasteiger partial charge in [-0.1, -0.05) is 0 Å². The third-order valence-corrected chi connectivity index (χ3v) is 9.90. The van der Waals surface area contributed by atoms with E-state index in [1.54, 1.807) is 30.7 Å². The number of hydrogen-bond acceptors (Lipinski definition) is 9. The van der Waals surface area contributed by atoms with Crippen LogP contribution in [0.25, 0.3) is 5.82 Å². The first-order chi connectivity index (χ1) is 23.0. The quantitative estimate of drug-likeness (QED) is 0.0976. The topological polar surface area (TPSA) is 277 Å². The largest absolute Gasteiger partial charge is 0.369 e. The molecule has 5 atom stereocenters. The number of amides is 2. The van der Waals surface area contributed by atoms with Crippen molar-refractivity contribution >= 4 is 67.2 Å². The summed E-state index contributed by atoms with van der Waals surface area (Å²) in [6, 6.07) is 3.35. The highest BCUT2D eigenvalue weighted by molar-refractivity contribution is 9.10. The fourth-order valence-corrected chi connectivity index (χ4v) is 7.42. The summed E-state index contributed by atoms with van der Waals surface area (Å²) in [4.78, 5) is 64.3. The molecule has 1 fully saturated rings. The van der Waals surface area contributed by atoms with Crippen LogP contribution in [0, 0.1) is 17.2 Å². The van der Waals surface area contributed by atoms with E-state index >= 15 is 0 Å². The summed E-state index contributed by atoms with van der Waals surface area (Å²) < 4.78 is 2.81. The lowest BCUT2D eigenvalue weighted by Gasteiger charge is -2.51. The summed E-state index contributed by atoms with van der Waals surface area (Å²) in [5.41, 5.74) is 14.1. The van der Waals surface area contributed by atoms with Gasteiger partial charge < -0.3 is 47.4 Å². The van der Waals surface area contributed by atoms with Gasteiger partial charge in [0.25, 0.3) is 11.8 Å². The number of H-pyrrole nitrogens is 5. The van der Waals surface area contributed by atoms with Gasteiger partial charge in [0.2, 0.25) is 5.84 Å². The number of rotatable bonds is 9. The summed E-state index contributed by atoms with van der Waals surface area (Å²) >= 11 is 6.72. The molecule has 2 amide bonds. The Morgan fingerprint density at radius 3 is 2.19 bits per heavy atom. The predicted molar refractivity (Wildman–Crippen MR) is 182 cm³/mol. The van der Waals surface area contributed by atoms with Crippen molar-refractivity contribution in [1.29, 1.82) is 5.41 Å². The number of anilines is 3. The Labute approximate surface area is 288 Å². The highest BCUT2D eigenvalue weighted by atomic mass is 79.9. The molecule has 18 nitrogen and oxygen atoms in total. The third kappa shape index (κ3) is 5.50. The Morgan fingerprint density at radius 1 is 1.00 bits per heavy atom. The smallest absolute Gasteiger partial charge is 0.333 e. The van der Waals surface area contributed by atoms with E-state index in [1.165, 1.54) is 4.57 Å². The van der Waals surface area contributed by atoms with Crippen LogP contribution < -0.4 is 38.0 Å². The van der Waals surface area contributed by atoms with E-state index in [-0.39, 0.29) is 66.2 Å². The second-order valence-electron chi connectivity index (χ2n) is 11.8. The van der Waals surface area contributed by atoms with Gasteiger partial charge in [-0.3, -0.25) is 19.5 Å². The average Bonchev–Trinajstić information content (AvgIpc) is 3.87. The van der Waals surface area contributed by atoms with Crippen LogP contribution in [-0.4, -0.2) is 83.9 Å². The number of nitrogens with one attached hydrogen (secondary N) is 10. The summed E-state index contributed by atoms with van der Waals surface area (Å²) in [6.07, 6.45) is 4.97. The molecule has 2 aliphatic rings. The molecule has 250 valence electrons. The van der Waals surface area contributed by atoms with Gasteiger partial charge in [0, 0.05) is 52.0 Å². The molecular weight excluding hydrogens is 754 g/mol. The zero-order valence-corrected chi connectivity index (χ0v) is 28.5. The highest BCUT2D eigenvalue weighted by Crippen LogP contribution is 2.57. The molecule has 1 saturated carbocycles. The first kappa shape index (κ1) is 31.5. The number of quaternary nitrogens is 1. The summed E-state index contributed by atoms with van der Waals surface area (Å²) in [5, 5.41) is 18.0. The molecule has 0 aromatic carbocycles. The first-order valence-corrected chi connectivity index (χ1v) is 16.5. The molecular formula is C28H32Br2N15O3+. The minimum atomic E-state index is -0.496. The molecule has 14 N–H and O–H groups in total. The lowest BCUT2D eigenvalue weighted by molar-refractivity contribution is -0.779. The predicted octanol–water partition coefficient (Wildman–Crippen LogP) is 0.154. The maximum atomic E-state index is 13.5. The van der Waals surface area contributed by atoms with Gasteiger partial charge in [0.05, 0.1) is 18.9 Å². The van der Waals surface area contributed by atoms with Gasteiger partial charge in [-0.05, 0) is 55.8 Å². The molecule has 1 aliphatic heterocycles. The molecule has 0 saturated heterocycles. The van der Waals surface area contributed by atoms with Gasteiger partial charge in [-0.2, -0.15) is 4.98 Å². The van der Waals surface area contributed by atoms with Gasteiger partial charge in [-0.15, -0.1) is 0 Å². The average molecular weight is 786 g/mol. The number of aromatic amines is 5.